The van der Waals surface area contributed by atoms with Crippen molar-refractivity contribution in [2.24, 2.45) is 0 Å². The molecular weight excluding hydrogens is 556 g/mol. The van der Waals surface area contributed by atoms with E-state index in [2.05, 4.69) is 44.3 Å². The summed E-state index contributed by atoms with van der Waals surface area (Å²) in [5.74, 6) is 2.57. The second-order valence-corrected chi connectivity index (χ2v) is 11.1. The molecule has 1 fully saturated rings. The van der Waals surface area contributed by atoms with Crippen molar-refractivity contribution in [2.45, 2.75) is 27.3 Å². The zero-order valence-corrected chi connectivity index (χ0v) is 25.9. The Kier molecular flexibility index (Phi) is 8.21. The molecule has 44 heavy (non-hydrogen) atoms. The van der Waals surface area contributed by atoms with Crippen molar-refractivity contribution in [3.8, 4) is 11.5 Å². The molecule has 0 radical (unpaired) electrons. The van der Waals surface area contributed by atoms with Crippen LogP contribution in [0.2, 0.25) is 0 Å². The number of amides is 2. The second-order valence-electron chi connectivity index (χ2n) is 11.1. The highest BCUT2D eigenvalue weighted by Gasteiger charge is 2.36. The van der Waals surface area contributed by atoms with E-state index in [4.69, 9.17) is 14.5 Å². The lowest BCUT2D eigenvalue weighted by Crippen LogP contribution is -2.46. The Hall–Kier alpha value is -4.90. The standard InChI is InChI=1S/C33H38N8O3/c1-6-44-28-18-25(39-16-14-38(4)15-17-39)10-12-27(28)36-32-35-19-24-21-40(30-22(2)8-7-9-23(30)3)33(42)41(31(24)37-32)29-13-11-26(43-5)20-34-29/h7-13,18-20H,6,14-17,21H2,1-5H3,(H,35,36,37). The Balaban J connectivity index is 1.36. The Morgan fingerprint density at radius 1 is 0.955 bits per heavy atom. The fourth-order valence-corrected chi connectivity index (χ4v) is 5.72. The van der Waals surface area contributed by atoms with Gasteiger partial charge < -0.3 is 24.6 Å². The molecule has 11 heteroatoms. The van der Waals surface area contributed by atoms with E-state index in [0.717, 1.165) is 65.7 Å². The summed E-state index contributed by atoms with van der Waals surface area (Å²) < 4.78 is 11.4. The summed E-state index contributed by atoms with van der Waals surface area (Å²) in [5.41, 5.74) is 5.54. The first-order valence-corrected chi connectivity index (χ1v) is 14.9. The number of urea groups is 1. The number of aromatic nitrogens is 3. The fraction of sp³-hybridized carbons (Fsp3) is 0.333. The minimum Gasteiger partial charge on any atom is -0.495 e. The third-order valence-electron chi connectivity index (χ3n) is 8.08. The second kappa shape index (κ2) is 12.4. The number of carbonyl (C=O) groups excluding carboxylic acids is 1. The SMILES string of the molecule is CCOc1cc(N2CCN(C)CC2)ccc1Nc1ncc2c(n1)N(c1ccc(OC)cn1)C(=O)N(c1c(C)cccc1C)C2. The zero-order valence-electron chi connectivity index (χ0n) is 25.9. The number of carbonyl (C=O) groups is 1. The average molecular weight is 595 g/mol. The summed E-state index contributed by atoms with van der Waals surface area (Å²) in [6.07, 6.45) is 3.37. The molecule has 0 saturated carbocycles. The van der Waals surface area contributed by atoms with Crippen LogP contribution >= 0.6 is 0 Å². The van der Waals surface area contributed by atoms with Crippen LogP contribution in [0.25, 0.3) is 0 Å². The van der Waals surface area contributed by atoms with Crippen LogP contribution in [-0.2, 0) is 6.54 Å². The number of hydrogen-bond acceptors (Lipinski definition) is 9. The van der Waals surface area contributed by atoms with E-state index in [0.29, 0.717) is 36.5 Å². The summed E-state index contributed by atoms with van der Waals surface area (Å²) in [7, 11) is 3.73. The smallest absolute Gasteiger partial charge is 0.336 e. The van der Waals surface area contributed by atoms with Crippen LogP contribution in [0, 0.1) is 13.8 Å². The number of likely N-dealkylation sites (N-methyl/N-ethyl adjacent to an activating group) is 1. The first-order valence-electron chi connectivity index (χ1n) is 14.9. The monoisotopic (exact) mass is 594 g/mol. The van der Waals surface area contributed by atoms with Crippen LogP contribution in [-0.4, -0.2) is 72.8 Å². The number of anilines is 6. The Bertz CT molecular complexity index is 1630. The molecule has 0 bridgehead atoms. The average Bonchev–Trinajstić information content (AvgIpc) is 3.03. The van der Waals surface area contributed by atoms with E-state index in [1.165, 1.54) is 4.90 Å². The number of rotatable bonds is 8. The summed E-state index contributed by atoms with van der Waals surface area (Å²) in [6, 6.07) is 15.5. The third kappa shape index (κ3) is 5.70. The minimum absolute atomic E-state index is 0.247. The Morgan fingerprint density at radius 3 is 2.41 bits per heavy atom. The molecule has 0 spiro atoms. The molecule has 4 heterocycles. The Labute approximate surface area is 258 Å². The molecule has 1 saturated heterocycles. The van der Waals surface area contributed by atoms with Crippen LogP contribution in [0.15, 0.2) is 60.9 Å². The number of nitrogens with one attached hydrogen (secondary N) is 1. The van der Waals surface area contributed by atoms with Crippen LogP contribution in [0.5, 0.6) is 11.5 Å². The topological polar surface area (TPSA) is 99.2 Å². The molecular formula is C33H38N8O3. The first-order chi connectivity index (χ1) is 21.4. The molecule has 6 rings (SSSR count). The van der Waals surface area contributed by atoms with Crippen molar-refractivity contribution >= 4 is 40.7 Å². The van der Waals surface area contributed by atoms with Crippen LogP contribution < -0.4 is 29.5 Å². The van der Waals surface area contributed by atoms with Crippen LogP contribution in [0.1, 0.15) is 23.6 Å². The van der Waals surface area contributed by atoms with Crippen molar-refractivity contribution in [3.05, 3.63) is 77.6 Å². The van der Waals surface area contributed by atoms with E-state index in [1.807, 2.05) is 45.0 Å². The highest BCUT2D eigenvalue weighted by Crippen LogP contribution is 2.39. The lowest BCUT2D eigenvalue weighted by atomic mass is 10.1. The van der Waals surface area contributed by atoms with Gasteiger partial charge in [0.05, 0.1) is 37.8 Å². The molecule has 4 aromatic rings. The maximum atomic E-state index is 14.2. The third-order valence-corrected chi connectivity index (χ3v) is 8.08. The van der Waals surface area contributed by atoms with Crippen LogP contribution in [0.3, 0.4) is 0 Å². The van der Waals surface area contributed by atoms with Gasteiger partial charge in [-0.15, -0.1) is 0 Å². The predicted octanol–water partition coefficient (Wildman–Crippen LogP) is 5.67. The molecule has 11 nitrogen and oxygen atoms in total. The summed E-state index contributed by atoms with van der Waals surface area (Å²) >= 11 is 0. The molecule has 1 N–H and O–H groups in total. The highest BCUT2D eigenvalue weighted by molar-refractivity contribution is 6.10. The number of methoxy groups -OCH3 is 1. The predicted molar refractivity (Wildman–Crippen MR) is 173 cm³/mol. The van der Waals surface area contributed by atoms with Crippen molar-refractivity contribution in [1.29, 1.82) is 0 Å². The van der Waals surface area contributed by atoms with Crippen molar-refractivity contribution in [1.82, 2.24) is 19.9 Å². The largest absolute Gasteiger partial charge is 0.495 e. The van der Waals surface area contributed by atoms with E-state index >= 15 is 0 Å². The van der Waals surface area contributed by atoms with E-state index in [-0.39, 0.29) is 6.03 Å². The number of benzene rings is 2. The molecule has 2 amide bonds. The number of hydrogen-bond donors (Lipinski definition) is 1. The normalized spacial score (nSPS) is 15.3. The van der Waals surface area contributed by atoms with Gasteiger partial charge in [-0.25, -0.2) is 19.7 Å². The highest BCUT2D eigenvalue weighted by atomic mass is 16.5. The van der Waals surface area contributed by atoms with Crippen molar-refractivity contribution in [3.63, 3.8) is 0 Å². The van der Waals surface area contributed by atoms with Gasteiger partial charge in [0, 0.05) is 49.7 Å². The number of nitrogens with zero attached hydrogens (tertiary/aromatic N) is 7. The number of piperazine rings is 1. The number of para-hydroxylation sites is 1. The lowest BCUT2D eigenvalue weighted by Gasteiger charge is -2.36. The van der Waals surface area contributed by atoms with Crippen molar-refractivity contribution in [2.75, 3.05) is 67.0 Å². The summed E-state index contributed by atoms with van der Waals surface area (Å²) in [6.45, 7) is 10.8. The molecule has 2 aliphatic heterocycles. The molecule has 0 unspecified atom stereocenters. The quantitative estimate of drug-likeness (QED) is 0.277. The maximum absolute atomic E-state index is 14.2. The number of fused-ring (bicyclic) bond motifs is 1. The number of ether oxygens (including phenoxy) is 2. The van der Waals surface area contributed by atoms with Gasteiger partial charge in [-0.3, -0.25) is 4.90 Å². The van der Waals surface area contributed by atoms with Gasteiger partial charge in [-0.1, -0.05) is 18.2 Å². The molecule has 2 aliphatic rings. The van der Waals surface area contributed by atoms with Gasteiger partial charge in [0.15, 0.2) is 5.82 Å². The Morgan fingerprint density at radius 2 is 1.73 bits per heavy atom. The van der Waals surface area contributed by atoms with Crippen LogP contribution in [0.4, 0.5) is 39.4 Å². The van der Waals surface area contributed by atoms with E-state index in [1.54, 1.807) is 36.5 Å². The van der Waals surface area contributed by atoms with Gasteiger partial charge in [-0.2, -0.15) is 4.98 Å². The minimum atomic E-state index is -0.247. The molecule has 0 atom stereocenters. The van der Waals surface area contributed by atoms with E-state index in [9.17, 15) is 4.79 Å². The van der Waals surface area contributed by atoms with E-state index < -0.39 is 0 Å². The first kappa shape index (κ1) is 29.2. The van der Waals surface area contributed by atoms with Crippen molar-refractivity contribution < 1.29 is 14.3 Å². The maximum Gasteiger partial charge on any atom is 0.336 e. The fourth-order valence-electron chi connectivity index (χ4n) is 5.72. The van der Waals surface area contributed by atoms with Gasteiger partial charge in [0.25, 0.3) is 0 Å². The number of pyridine rings is 1. The number of aryl methyl sites for hydroxylation is 2. The van der Waals surface area contributed by atoms with Gasteiger partial charge >= 0.3 is 6.03 Å². The molecule has 2 aromatic heterocycles. The zero-order chi connectivity index (χ0) is 30.8. The molecule has 0 aliphatic carbocycles. The lowest BCUT2D eigenvalue weighted by molar-refractivity contribution is 0.252. The molecule has 228 valence electrons. The summed E-state index contributed by atoms with van der Waals surface area (Å²) in [5, 5.41) is 3.34. The molecule has 2 aromatic carbocycles. The van der Waals surface area contributed by atoms with Gasteiger partial charge in [0.2, 0.25) is 5.95 Å². The van der Waals surface area contributed by atoms with Gasteiger partial charge in [-0.05, 0) is 63.2 Å². The summed E-state index contributed by atoms with van der Waals surface area (Å²) in [4.78, 5) is 36.3. The van der Waals surface area contributed by atoms with Gasteiger partial charge in [0.1, 0.15) is 17.3 Å².